The normalized spacial score (nSPS) is 18.2. The van der Waals surface area contributed by atoms with Crippen LogP contribution in [-0.4, -0.2) is 41.1 Å². The van der Waals surface area contributed by atoms with Gasteiger partial charge < -0.3 is 10.2 Å². The van der Waals surface area contributed by atoms with Gasteiger partial charge in [0.15, 0.2) is 0 Å². The molecule has 0 radical (unpaired) electrons. The van der Waals surface area contributed by atoms with Gasteiger partial charge in [-0.15, -0.1) is 0 Å². The van der Waals surface area contributed by atoms with Crippen molar-refractivity contribution in [1.29, 1.82) is 0 Å². The van der Waals surface area contributed by atoms with Gasteiger partial charge in [0.1, 0.15) is 0 Å². The summed E-state index contributed by atoms with van der Waals surface area (Å²) in [6, 6.07) is 0. The standard InChI is InChI=1S/C14H24N4O/c1-3-4-14(5-7-15-8-6-14)13(19)18(2)11-12-9-16-17-10-12/h9-10,15H,3-8,11H2,1-2H3,(H,16,17). The predicted molar refractivity (Wildman–Crippen MR) is 74.5 cm³/mol. The van der Waals surface area contributed by atoms with E-state index in [1.165, 1.54) is 0 Å². The predicted octanol–water partition coefficient (Wildman–Crippen LogP) is 1.54. The molecule has 1 aliphatic rings. The minimum absolute atomic E-state index is 0.154. The van der Waals surface area contributed by atoms with Crippen LogP contribution in [0.2, 0.25) is 0 Å². The van der Waals surface area contributed by atoms with Crippen molar-refractivity contribution in [3.8, 4) is 0 Å². The number of hydrogen-bond donors (Lipinski definition) is 2. The molecule has 0 aliphatic carbocycles. The molecule has 106 valence electrons. The van der Waals surface area contributed by atoms with Crippen molar-refractivity contribution in [3.63, 3.8) is 0 Å². The molecule has 0 spiro atoms. The number of H-pyrrole nitrogens is 1. The lowest BCUT2D eigenvalue weighted by atomic mass is 9.74. The van der Waals surface area contributed by atoms with Gasteiger partial charge in [0, 0.05) is 25.4 Å². The molecule has 1 aromatic rings. The molecule has 0 bridgehead atoms. The number of aromatic amines is 1. The molecule has 19 heavy (non-hydrogen) atoms. The molecule has 0 aromatic carbocycles. The Labute approximate surface area is 114 Å². The van der Waals surface area contributed by atoms with Gasteiger partial charge in [-0.1, -0.05) is 13.3 Å². The fourth-order valence-electron chi connectivity index (χ4n) is 3.07. The van der Waals surface area contributed by atoms with E-state index in [2.05, 4.69) is 22.4 Å². The van der Waals surface area contributed by atoms with Crippen LogP contribution in [0, 0.1) is 5.41 Å². The van der Waals surface area contributed by atoms with E-state index in [9.17, 15) is 4.79 Å². The van der Waals surface area contributed by atoms with Crippen molar-refractivity contribution in [2.24, 2.45) is 5.41 Å². The maximum Gasteiger partial charge on any atom is 0.228 e. The van der Waals surface area contributed by atoms with Crippen LogP contribution in [0.1, 0.15) is 38.2 Å². The van der Waals surface area contributed by atoms with E-state index in [-0.39, 0.29) is 11.3 Å². The molecule has 2 rings (SSSR count). The maximum absolute atomic E-state index is 12.8. The summed E-state index contributed by atoms with van der Waals surface area (Å²) in [6.07, 6.45) is 7.58. The lowest BCUT2D eigenvalue weighted by Gasteiger charge is -2.39. The molecule has 0 saturated carbocycles. The summed E-state index contributed by atoms with van der Waals surface area (Å²) in [6.45, 7) is 4.69. The number of carbonyl (C=O) groups excluding carboxylic acids is 1. The molecular weight excluding hydrogens is 240 g/mol. The minimum atomic E-state index is -0.154. The molecule has 0 unspecified atom stereocenters. The zero-order valence-corrected chi connectivity index (χ0v) is 11.9. The molecule has 5 heteroatoms. The van der Waals surface area contributed by atoms with Crippen molar-refractivity contribution in [3.05, 3.63) is 18.0 Å². The average Bonchev–Trinajstić information content (AvgIpc) is 2.92. The number of piperidine rings is 1. The second-order valence-electron chi connectivity index (χ2n) is 5.55. The Morgan fingerprint density at radius 2 is 2.21 bits per heavy atom. The first-order chi connectivity index (χ1) is 9.18. The SMILES string of the molecule is CCCC1(C(=O)N(C)Cc2cn[nH]c2)CCNCC1. The van der Waals surface area contributed by atoms with Crippen molar-refractivity contribution in [1.82, 2.24) is 20.4 Å². The number of hydrogen-bond acceptors (Lipinski definition) is 3. The van der Waals surface area contributed by atoms with E-state index >= 15 is 0 Å². The third-order valence-electron chi connectivity index (χ3n) is 4.06. The Kier molecular flexibility index (Phi) is 4.58. The molecule has 2 heterocycles. The summed E-state index contributed by atoms with van der Waals surface area (Å²) in [5.74, 6) is 0.289. The van der Waals surface area contributed by atoms with Gasteiger partial charge in [-0.2, -0.15) is 5.10 Å². The van der Waals surface area contributed by atoms with Gasteiger partial charge in [-0.3, -0.25) is 9.89 Å². The molecule has 5 nitrogen and oxygen atoms in total. The summed E-state index contributed by atoms with van der Waals surface area (Å²) < 4.78 is 0. The van der Waals surface area contributed by atoms with Crippen LogP contribution in [0.3, 0.4) is 0 Å². The van der Waals surface area contributed by atoms with Crippen LogP contribution < -0.4 is 5.32 Å². The summed E-state index contributed by atoms with van der Waals surface area (Å²) in [4.78, 5) is 14.7. The highest BCUT2D eigenvalue weighted by Gasteiger charge is 2.40. The van der Waals surface area contributed by atoms with E-state index < -0.39 is 0 Å². The minimum Gasteiger partial charge on any atom is -0.341 e. The van der Waals surface area contributed by atoms with E-state index in [1.54, 1.807) is 6.20 Å². The molecule has 2 N–H and O–H groups in total. The van der Waals surface area contributed by atoms with Crippen LogP contribution in [0.15, 0.2) is 12.4 Å². The molecule has 1 fully saturated rings. The van der Waals surface area contributed by atoms with Gasteiger partial charge in [0.25, 0.3) is 0 Å². The van der Waals surface area contributed by atoms with Crippen LogP contribution in [0.5, 0.6) is 0 Å². The number of aromatic nitrogens is 2. The fourth-order valence-corrected chi connectivity index (χ4v) is 3.07. The quantitative estimate of drug-likeness (QED) is 0.848. The lowest BCUT2D eigenvalue weighted by molar-refractivity contribution is -0.143. The van der Waals surface area contributed by atoms with Crippen molar-refractivity contribution in [2.75, 3.05) is 20.1 Å². The summed E-state index contributed by atoms with van der Waals surface area (Å²) in [5, 5.41) is 10.1. The van der Waals surface area contributed by atoms with Crippen molar-refractivity contribution >= 4 is 5.91 Å². The number of amides is 1. The third-order valence-corrected chi connectivity index (χ3v) is 4.06. The average molecular weight is 264 g/mol. The molecular formula is C14H24N4O. The third kappa shape index (κ3) is 3.15. The van der Waals surface area contributed by atoms with Gasteiger partial charge >= 0.3 is 0 Å². The van der Waals surface area contributed by atoms with Crippen molar-refractivity contribution < 1.29 is 4.79 Å². The Balaban J connectivity index is 2.05. The maximum atomic E-state index is 12.8. The second-order valence-corrected chi connectivity index (χ2v) is 5.55. The summed E-state index contributed by atoms with van der Waals surface area (Å²) in [5.41, 5.74) is 0.898. The van der Waals surface area contributed by atoms with Crippen LogP contribution in [0.25, 0.3) is 0 Å². The zero-order valence-electron chi connectivity index (χ0n) is 11.9. The Morgan fingerprint density at radius 3 is 2.79 bits per heavy atom. The molecule has 1 saturated heterocycles. The molecule has 1 aliphatic heterocycles. The number of rotatable bonds is 5. The monoisotopic (exact) mass is 264 g/mol. The van der Waals surface area contributed by atoms with Gasteiger partial charge in [0.2, 0.25) is 5.91 Å². The highest BCUT2D eigenvalue weighted by molar-refractivity contribution is 5.82. The van der Waals surface area contributed by atoms with E-state index in [1.807, 2.05) is 18.1 Å². The first-order valence-corrected chi connectivity index (χ1v) is 7.12. The summed E-state index contributed by atoms with van der Waals surface area (Å²) in [7, 11) is 1.90. The largest absolute Gasteiger partial charge is 0.341 e. The van der Waals surface area contributed by atoms with Crippen LogP contribution in [0.4, 0.5) is 0 Å². The highest BCUT2D eigenvalue weighted by Crippen LogP contribution is 2.36. The van der Waals surface area contributed by atoms with Crippen LogP contribution >= 0.6 is 0 Å². The molecule has 1 aromatic heterocycles. The summed E-state index contributed by atoms with van der Waals surface area (Å²) >= 11 is 0. The highest BCUT2D eigenvalue weighted by atomic mass is 16.2. The Hall–Kier alpha value is -1.36. The first-order valence-electron chi connectivity index (χ1n) is 7.12. The van der Waals surface area contributed by atoms with E-state index in [0.717, 1.165) is 44.3 Å². The topological polar surface area (TPSA) is 61.0 Å². The molecule has 0 atom stereocenters. The fraction of sp³-hybridized carbons (Fsp3) is 0.714. The van der Waals surface area contributed by atoms with E-state index in [0.29, 0.717) is 6.54 Å². The van der Waals surface area contributed by atoms with Gasteiger partial charge in [-0.25, -0.2) is 0 Å². The first kappa shape index (κ1) is 14.1. The molecule has 1 amide bonds. The Bertz CT molecular complexity index is 390. The number of nitrogens with one attached hydrogen (secondary N) is 2. The number of nitrogens with zero attached hydrogens (tertiary/aromatic N) is 2. The second kappa shape index (κ2) is 6.19. The number of carbonyl (C=O) groups is 1. The van der Waals surface area contributed by atoms with Crippen molar-refractivity contribution in [2.45, 2.75) is 39.2 Å². The van der Waals surface area contributed by atoms with Gasteiger partial charge in [0.05, 0.1) is 11.6 Å². The van der Waals surface area contributed by atoms with Gasteiger partial charge in [-0.05, 0) is 32.4 Å². The van der Waals surface area contributed by atoms with Crippen LogP contribution in [-0.2, 0) is 11.3 Å². The Morgan fingerprint density at radius 1 is 1.47 bits per heavy atom. The van der Waals surface area contributed by atoms with E-state index in [4.69, 9.17) is 0 Å². The lowest BCUT2D eigenvalue weighted by Crippen LogP contribution is -2.47. The smallest absolute Gasteiger partial charge is 0.228 e. The zero-order chi connectivity index (χ0) is 13.7.